The lowest BCUT2D eigenvalue weighted by atomic mass is 9.93. The number of nitrogens with zero attached hydrogens (tertiary/aromatic N) is 1. The van der Waals surface area contributed by atoms with E-state index in [1.807, 2.05) is 38.1 Å². The van der Waals surface area contributed by atoms with Crippen LogP contribution in [0.15, 0.2) is 66.7 Å². The van der Waals surface area contributed by atoms with Crippen molar-refractivity contribution in [1.29, 1.82) is 0 Å². The first-order valence-corrected chi connectivity index (χ1v) is 14.1. The van der Waals surface area contributed by atoms with E-state index in [4.69, 9.17) is 9.84 Å². The number of hydrogen-bond donors (Lipinski definition) is 1. The molecule has 0 aliphatic rings. The molecule has 0 aliphatic heterocycles. The van der Waals surface area contributed by atoms with Crippen LogP contribution in [0.1, 0.15) is 23.1 Å². The maximum Gasteiger partial charge on any atom is 0.328 e. The highest BCUT2D eigenvalue weighted by Gasteiger charge is 2.14. The number of carbonyl (C=O) groups is 1. The minimum Gasteiger partial charge on any atom is -0.494 e. The highest BCUT2D eigenvalue weighted by atomic mass is 32.2. The lowest BCUT2D eigenvalue weighted by Crippen LogP contribution is -2.08. The summed E-state index contributed by atoms with van der Waals surface area (Å²) in [5.74, 6) is -0.671. The van der Waals surface area contributed by atoms with Gasteiger partial charge in [-0.25, -0.2) is 22.6 Å². The predicted octanol–water partition coefficient (Wildman–Crippen LogP) is 6.24. The third kappa shape index (κ3) is 6.63. The van der Waals surface area contributed by atoms with Crippen molar-refractivity contribution >= 4 is 32.8 Å². The highest BCUT2D eigenvalue weighted by Crippen LogP contribution is 2.34. The summed E-state index contributed by atoms with van der Waals surface area (Å²) in [6, 6.07) is 17.7. The molecule has 0 spiro atoms. The van der Waals surface area contributed by atoms with Crippen molar-refractivity contribution in [1.82, 2.24) is 4.98 Å². The zero-order valence-electron chi connectivity index (χ0n) is 21.4. The van der Waals surface area contributed by atoms with Crippen LogP contribution >= 0.6 is 0 Å². The molecule has 8 heteroatoms. The summed E-state index contributed by atoms with van der Waals surface area (Å²) in [5, 5.41) is 9.65. The fourth-order valence-electron chi connectivity index (χ4n) is 4.42. The van der Waals surface area contributed by atoms with Crippen LogP contribution in [-0.4, -0.2) is 43.1 Å². The Kier molecular flexibility index (Phi) is 7.92. The van der Waals surface area contributed by atoms with Crippen molar-refractivity contribution in [2.45, 2.75) is 20.3 Å². The zero-order chi connectivity index (χ0) is 27.4. The molecule has 4 aromatic rings. The van der Waals surface area contributed by atoms with Crippen LogP contribution in [0.25, 0.3) is 39.4 Å². The molecule has 1 aromatic heterocycles. The van der Waals surface area contributed by atoms with Crippen LogP contribution in [0.5, 0.6) is 5.75 Å². The Hall–Kier alpha value is -4.04. The van der Waals surface area contributed by atoms with Gasteiger partial charge in [0.1, 0.15) is 21.4 Å². The lowest BCUT2D eigenvalue weighted by Gasteiger charge is -2.15. The average molecular weight is 534 g/mol. The van der Waals surface area contributed by atoms with Gasteiger partial charge in [0.25, 0.3) is 0 Å². The first kappa shape index (κ1) is 27.0. The molecule has 0 bridgehead atoms. The van der Waals surface area contributed by atoms with Crippen molar-refractivity contribution in [3.63, 3.8) is 0 Å². The third-order valence-electron chi connectivity index (χ3n) is 6.10. The van der Waals surface area contributed by atoms with Crippen LogP contribution in [0.4, 0.5) is 4.39 Å². The Morgan fingerprint density at radius 3 is 2.45 bits per heavy atom. The van der Waals surface area contributed by atoms with Crippen LogP contribution < -0.4 is 4.74 Å². The number of halogens is 1. The first-order chi connectivity index (χ1) is 18.0. The molecular formula is C30H28FNO5S. The Bertz CT molecular complexity index is 1640. The standard InChI is InChI=1S/C30H28FNO5S/c1-19-15-24(37-13-4-14-38(3,35)36)16-20(2)30(19)23-7-9-26(31)25(18-23)28-11-8-22-17-21(6-12-29(33)34)5-10-27(22)32-28/h5-12,15-18H,4,13-14H2,1-3H3,(H,33,34)/b12-6+. The molecule has 38 heavy (non-hydrogen) atoms. The van der Waals surface area contributed by atoms with E-state index < -0.39 is 15.8 Å². The number of fused-ring (bicyclic) bond motifs is 1. The average Bonchev–Trinajstić information content (AvgIpc) is 2.85. The number of aryl methyl sites for hydroxylation is 2. The van der Waals surface area contributed by atoms with Gasteiger partial charge >= 0.3 is 5.97 Å². The van der Waals surface area contributed by atoms with Gasteiger partial charge in [-0.3, -0.25) is 0 Å². The molecule has 196 valence electrons. The van der Waals surface area contributed by atoms with Crippen LogP contribution in [0.2, 0.25) is 0 Å². The highest BCUT2D eigenvalue weighted by molar-refractivity contribution is 7.90. The predicted molar refractivity (Wildman–Crippen MR) is 149 cm³/mol. The van der Waals surface area contributed by atoms with Crippen molar-refractivity contribution in [2.75, 3.05) is 18.6 Å². The summed E-state index contributed by atoms with van der Waals surface area (Å²) >= 11 is 0. The van der Waals surface area contributed by atoms with Crippen molar-refractivity contribution in [2.24, 2.45) is 0 Å². The second-order valence-corrected chi connectivity index (χ2v) is 11.5. The Morgan fingerprint density at radius 2 is 1.76 bits per heavy atom. The molecule has 0 amide bonds. The normalized spacial score (nSPS) is 11.8. The fourth-order valence-corrected chi connectivity index (χ4v) is 5.06. The maximum absolute atomic E-state index is 15.0. The number of aliphatic carboxylic acids is 1. The second kappa shape index (κ2) is 11.1. The number of carboxylic acids is 1. The molecule has 0 fully saturated rings. The van der Waals surface area contributed by atoms with Crippen molar-refractivity contribution in [3.8, 4) is 28.1 Å². The molecule has 1 heterocycles. The van der Waals surface area contributed by atoms with Gasteiger partial charge in [0, 0.05) is 23.3 Å². The fraction of sp³-hybridized carbons (Fsp3) is 0.200. The van der Waals surface area contributed by atoms with E-state index in [1.54, 1.807) is 30.3 Å². The van der Waals surface area contributed by atoms with Gasteiger partial charge < -0.3 is 9.84 Å². The zero-order valence-corrected chi connectivity index (χ0v) is 22.2. The largest absolute Gasteiger partial charge is 0.494 e. The summed E-state index contributed by atoms with van der Waals surface area (Å²) in [5.41, 5.74) is 5.98. The number of aromatic nitrogens is 1. The summed E-state index contributed by atoms with van der Waals surface area (Å²) in [7, 11) is -3.03. The van der Waals surface area contributed by atoms with Crippen LogP contribution in [-0.2, 0) is 14.6 Å². The van der Waals surface area contributed by atoms with Gasteiger partial charge in [0.15, 0.2) is 0 Å². The molecular weight excluding hydrogens is 505 g/mol. The molecule has 3 aromatic carbocycles. The van der Waals surface area contributed by atoms with E-state index in [0.29, 0.717) is 35.6 Å². The SMILES string of the molecule is Cc1cc(OCCCS(C)(=O)=O)cc(C)c1-c1ccc(F)c(-c2ccc3cc(/C=C/C(=O)O)ccc3n2)c1. The Morgan fingerprint density at radius 1 is 1.03 bits per heavy atom. The number of pyridine rings is 1. The lowest BCUT2D eigenvalue weighted by molar-refractivity contribution is -0.131. The number of ether oxygens (including phenoxy) is 1. The number of carboxylic acid groups (broad SMARTS) is 1. The summed E-state index contributed by atoms with van der Waals surface area (Å²) in [6.07, 6.45) is 4.21. The monoisotopic (exact) mass is 533 g/mol. The smallest absolute Gasteiger partial charge is 0.328 e. The van der Waals surface area contributed by atoms with E-state index in [1.165, 1.54) is 18.4 Å². The van der Waals surface area contributed by atoms with E-state index in [-0.39, 0.29) is 11.6 Å². The third-order valence-corrected chi connectivity index (χ3v) is 7.13. The van der Waals surface area contributed by atoms with E-state index in [2.05, 4.69) is 4.98 Å². The van der Waals surface area contributed by atoms with E-state index >= 15 is 0 Å². The summed E-state index contributed by atoms with van der Waals surface area (Å²) in [6.45, 7) is 4.22. The topological polar surface area (TPSA) is 93.6 Å². The van der Waals surface area contributed by atoms with E-state index in [0.717, 1.165) is 39.3 Å². The number of benzene rings is 3. The van der Waals surface area contributed by atoms with Crippen LogP contribution in [0, 0.1) is 19.7 Å². The molecule has 0 saturated carbocycles. The van der Waals surface area contributed by atoms with Gasteiger partial charge in [-0.15, -0.1) is 0 Å². The van der Waals surface area contributed by atoms with Crippen molar-refractivity contribution < 1.29 is 27.4 Å². The molecule has 0 aliphatic carbocycles. The Labute approximate surface area is 221 Å². The number of hydrogen-bond acceptors (Lipinski definition) is 5. The van der Waals surface area contributed by atoms with Gasteiger partial charge in [0.05, 0.1) is 23.6 Å². The number of rotatable bonds is 9. The minimum atomic E-state index is -3.03. The molecule has 0 radical (unpaired) electrons. The van der Waals surface area contributed by atoms with Gasteiger partial charge in [0.2, 0.25) is 0 Å². The Balaban J connectivity index is 1.62. The number of sulfone groups is 1. The summed E-state index contributed by atoms with van der Waals surface area (Å²) < 4.78 is 43.4. The molecule has 0 saturated heterocycles. The molecule has 1 N–H and O–H groups in total. The minimum absolute atomic E-state index is 0.0765. The van der Waals surface area contributed by atoms with Crippen LogP contribution in [0.3, 0.4) is 0 Å². The molecule has 0 atom stereocenters. The van der Waals surface area contributed by atoms with Crippen molar-refractivity contribution in [3.05, 3.63) is 89.2 Å². The molecule has 6 nitrogen and oxygen atoms in total. The molecule has 4 rings (SSSR count). The maximum atomic E-state index is 15.0. The van der Waals surface area contributed by atoms with E-state index in [9.17, 15) is 17.6 Å². The van der Waals surface area contributed by atoms with Gasteiger partial charge in [-0.2, -0.15) is 0 Å². The molecule has 0 unspecified atom stereocenters. The quantitative estimate of drug-likeness (QED) is 0.202. The van der Waals surface area contributed by atoms with Gasteiger partial charge in [-0.1, -0.05) is 18.2 Å². The second-order valence-electron chi connectivity index (χ2n) is 9.28. The van der Waals surface area contributed by atoms with Gasteiger partial charge in [-0.05, 0) is 96.6 Å². The summed E-state index contributed by atoms with van der Waals surface area (Å²) in [4.78, 5) is 15.4. The first-order valence-electron chi connectivity index (χ1n) is 12.0.